The number of benzene rings is 1. The fourth-order valence-electron chi connectivity index (χ4n) is 4.39. The molecule has 0 radical (unpaired) electrons. The second-order valence-corrected chi connectivity index (χ2v) is 10.0. The molecule has 3 rings (SSSR count). The van der Waals surface area contributed by atoms with Gasteiger partial charge in [-0.3, -0.25) is 9.89 Å². The van der Waals surface area contributed by atoms with Gasteiger partial charge < -0.3 is 10.2 Å². The molecule has 0 bridgehead atoms. The molecule has 28 heavy (non-hydrogen) atoms. The molecule has 2 unspecified atom stereocenters. The molecule has 0 spiro atoms. The molecular weight excluding hydrogens is 487 g/mol. The first kappa shape index (κ1) is 23.4. The molecule has 2 fully saturated rings. The molecule has 8 heteroatoms. The number of sulfone groups is 1. The molecule has 6 nitrogen and oxygen atoms in total. The van der Waals surface area contributed by atoms with Gasteiger partial charge in [0.15, 0.2) is 5.96 Å². The molecule has 0 saturated carbocycles. The van der Waals surface area contributed by atoms with Crippen molar-refractivity contribution in [2.45, 2.75) is 31.8 Å². The molecule has 2 heterocycles. The van der Waals surface area contributed by atoms with Crippen molar-refractivity contribution >= 4 is 39.8 Å². The van der Waals surface area contributed by atoms with Crippen molar-refractivity contribution in [3.8, 4) is 0 Å². The Labute approximate surface area is 186 Å². The van der Waals surface area contributed by atoms with E-state index in [9.17, 15) is 8.42 Å². The highest BCUT2D eigenvalue weighted by Gasteiger charge is 2.36. The minimum Gasteiger partial charge on any atom is -0.355 e. The van der Waals surface area contributed by atoms with Crippen molar-refractivity contribution in [3.63, 3.8) is 0 Å². The van der Waals surface area contributed by atoms with Crippen molar-refractivity contribution in [2.75, 3.05) is 45.2 Å². The lowest BCUT2D eigenvalue weighted by Crippen LogP contribution is -2.56. The monoisotopic (exact) mass is 520 g/mol. The lowest BCUT2D eigenvalue weighted by atomic mass is 9.83. The van der Waals surface area contributed by atoms with Crippen LogP contribution in [-0.2, 0) is 16.4 Å². The van der Waals surface area contributed by atoms with Crippen LogP contribution in [0.1, 0.15) is 24.8 Å². The summed E-state index contributed by atoms with van der Waals surface area (Å²) in [6.45, 7) is 4.58. The second-order valence-electron chi connectivity index (χ2n) is 7.76. The standard InChI is InChI=1S/C20H32N4O2S.HI/c1-21-20(22-11-14-27(2,25)26)24-13-10-19-18(16-24)9-6-12-23(19)15-17-7-4-3-5-8-17;/h3-5,7-8,18-19H,6,9-16H2,1-2H3,(H,21,22);1H. The summed E-state index contributed by atoms with van der Waals surface area (Å²) in [7, 11) is -1.18. The van der Waals surface area contributed by atoms with Gasteiger partial charge in [-0.1, -0.05) is 30.3 Å². The van der Waals surface area contributed by atoms with Crippen LogP contribution in [-0.4, -0.2) is 75.5 Å². The average molecular weight is 520 g/mol. The number of halogens is 1. The Kier molecular flexibility index (Phi) is 9.01. The Morgan fingerprint density at radius 2 is 1.96 bits per heavy atom. The maximum absolute atomic E-state index is 11.4. The molecule has 158 valence electrons. The van der Waals surface area contributed by atoms with E-state index in [-0.39, 0.29) is 29.7 Å². The van der Waals surface area contributed by atoms with Gasteiger partial charge in [0.25, 0.3) is 0 Å². The van der Waals surface area contributed by atoms with Gasteiger partial charge in [-0.2, -0.15) is 0 Å². The summed E-state index contributed by atoms with van der Waals surface area (Å²) in [6.07, 6.45) is 4.89. The minimum absolute atomic E-state index is 0. The van der Waals surface area contributed by atoms with E-state index in [1.165, 1.54) is 31.2 Å². The number of likely N-dealkylation sites (tertiary alicyclic amines) is 2. The number of guanidine groups is 1. The number of piperidine rings is 2. The normalized spacial score (nSPS) is 23.6. The number of aliphatic imine (C=N–C) groups is 1. The van der Waals surface area contributed by atoms with Gasteiger partial charge in [-0.25, -0.2) is 8.42 Å². The lowest BCUT2D eigenvalue weighted by Gasteiger charge is -2.48. The summed E-state index contributed by atoms with van der Waals surface area (Å²) in [5.41, 5.74) is 1.39. The van der Waals surface area contributed by atoms with E-state index in [0.29, 0.717) is 18.5 Å². The van der Waals surface area contributed by atoms with E-state index in [4.69, 9.17) is 0 Å². The van der Waals surface area contributed by atoms with Crippen LogP contribution in [0.4, 0.5) is 0 Å². The first-order chi connectivity index (χ1) is 13.0. The smallest absolute Gasteiger partial charge is 0.193 e. The van der Waals surface area contributed by atoms with Crippen molar-refractivity contribution in [3.05, 3.63) is 35.9 Å². The van der Waals surface area contributed by atoms with E-state index < -0.39 is 9.84 Å². The van der Waals surface area contributed by atoms with Gasteiger partial charge in [-0.15, -0.1) is 24.0 Å². The molecule has 2 saturated heterocycles. The number of fused-ring (bicyclic) bond motifs is 1. The van der Waals surface area contributed by atoms with Gasteiger partial charge in [0, 0.05) is 45.5 Å². The van der Waals surface area contributed by atoms with Crippen molar-refractivity contribution < 1.29 is 8.42 Å². The molecule has 2 aliphatic heterocycles. The van der Waals surface area contributed by atoms with Crippen LogP contribution in [0, 0.1) is 5.92 Å². The minimum atomic E-state index is -2.96. The van der Waals surface area contributed by atoms with E-state index in [1.807, 2.05) is 0 Å². The Morgan fingerprint density at radius 1 is 1.21 bits per heavy atom. The summed E-state index contributed by atoms with van der Waals surface area (Å²) in [5, 5.41) is 3.23. The van der Waals surface area contributed by atoms with Gasteiger partial charge in [0.05, 0.1) is 5.75 Å². The van der Waals surface area contributed by atoms with Crippen molar-refractivity contribution in [1.29, 1.82) is 0 Å². The molecule has 1 N–H and O–H groups in total. The Bertz CT molecular complexity index is 742. The Hall–Kier alpha value is -0.870. The van der Waals surface area contributed by atoms with Crippen LogP contribution in [0.3, 0.4) is 0 Å². The zero-order chi connectivity index (χ0) is 19.3. The number of rotatable bonds is 5. The third-order valence-corrected chi connectivity index (χ3v) is 6.62. The number of nitrogens with one attached hydrogen (secondary N) is 1. The highest BCUT2D eigenvalue weighted by molar-refractivity contribution is 14.0. The molecule has 0 amide bonds. The molecule has 0 aromatic heterocycles. The van der Waals surface area contributed by atoms with Gasteiger partial charge in [-0.05, 0) is 37.3 Å². The third-order valence-electron chi connectivity index (χ3n) is 5.68. The number of nitrogens with zero attached hydrogens (tertiary/aromatic N) is 3. The van der Waals surface area contributed by atoms with Crippen LogP contribution in [0.5, 0.6) is 0 Å². The SMILES string of the molecule is CN=C(NCCS(C)(=O)=O)N1CCC2C(CCCN2Cc2ccccc2)C1.I. The molecule has 0 aliphatic carbocycles. The fourth-order valence-corrected chi connectivity index (χ4v) is 4.87. The van der Waals surface area contributed by atoms with E-state index in [0.717, 1.165) is 32.0 Å². The van der Waals surface area contributed by atoms with Gasteiger partial charge in [0.2, 0.25) is 0 Å². The summed E-state index contributed by atoms with van der Waals surface area (Å²) in [6, 6.07) is 11.4. The highest BCUT2D eigenvalue weighted by Crippen LogP contribution is 2.31. The largest absolute Gasteiger partial charge is 0.355 e. The first-order valence-electron chi connectivity index (χ1n) is 9.87. The van der Waals surface area contributed by atoms with E-state index in [2.05, 4.69) is 50.4 Å². The van der Waals surface area contributed by atoms with Crippen molar-refractivity contribution in [1.82, 2.24) is 15.1 Å². The topological polar surface area (TPSA) is 65.0 Å². The summed E-state index contributed by atoms with van der Waals surface area (Å²) >= 11 is 0. The summed E-state index contributed by atoms with van der Waals surface area (Å²) < 4.78 is 22.7. The summed E-state index contributed by atoms with van der Waals surface area (Å²) in [5.74, 6) is 1.61. The quantitative estimate of drug-likeness (QED) is 0.367. The lowest BCUT2D eigenvalue weighted by molar-refractivity contribution is 0.0373. The molecule has 2 aliphatic rings. The van der Waals surface area contributed by atoms with E-state index >= 15 is 0 Å². The maximum Gasteiger partial charge on any atom is 0.193 e. The molecule has 2 atom stereocenters. The van der Waals surface area contributed by atoms with Crippen LogP contribution in [0.2, 0.25) is 0 Å². The predicted molar refractivity (Wildman–Crippen MR) is 126 cm³/mol. The molecular formula is C20H33IN4O2S. The predicted octanol–water partition coefficient (Wildman–Crippen LogP) is 2.21. The third kappa shape index (κ3) is 6.59. The number of hydrogen-bond donors (Lipinski definition) is 1. The van der Waals surface area contributed by atoms with E-state index in [1.54, 1.807) is 7.05 Å². The average Bonchev–Trinajstić information content (AvgIpc) is 2.65. The second kappa shape index (κ2) is 10.8. The van der Waals surface area contributed by atoms with Crippen LogP contribution >= 0.6 is 24.0 Å². The Morgan fingerprint density at radius 3 is 2.64 bits per heavy atom. The Balaban J connectivity index is 0.00000280. The van der Waals surface area contributed by atoms with Gasteiger partial charge >= 0.3 is 0 Å². The first-order valence-corrected chi connectivity index (χ1v) is 11.9. The fraction of sp³-hybridized carbons (Fsp3) is 0.650. The van der Waals surface area contributed by atoms with Crippen LogP contribution in [0.15, 0.2) is 35.3 Å². The maximum atomic E-state index is 11.4. The molecule has 1 aromatic rings. The van der Waals surface area contributed by atoms with Crippen LogP contribution in [0.25, 0.3) is 0 Å². The molecule has 1 aromatic carbocycles. The van der Waals surface area contributed by atoms with Gasteiger partial charge in [0.1, 0.15) is 9.84 Å². The van der Waals surface area contributed by atoms with Crippen molar-refractivity contribution in [2.24, 2.45) is 10.9 Å². The zero-order valence-corrected chi connectivity index (χ0v) is 20.0. The number of hydrogen-bond acceptors (Lipinski definition) is 4. The highest BCUT2D eigenvalue weighted by atomic mass is 127. The summed E-state index contributed by atoms with van der Waals surface area (Å²) in [4.78, 5) is 9.33. The zero-order valence-electron chi connectivity index (χ0n) is 16.9. The van der Waals surface area contributed by atoms with Crippen LogP contribution < -0.4 is 5.32 Å².